The Morgan fingerprint density at radius 1 is 1.25 bits per heavy atom. The molecule has 10 unspecified atom stereocenters. The second kappa shape index (κ2) is 16.2. The van der Waals surface area contributed by atoms with Crippen LogP contribution in [0.2, 0.25) is 0 Å². The Balaban J connectivity index is 1.48. The van der Waals surface area contributed by atoms with Gasteiger partial charge >= 0.3 is 12.1 Å². The van der Waals surface area contributed by atoms with Crippen molar-refractivity contribution >= 4 is 12.1 Å². The molecule has 3 saturated heterocycles. The summed E-state index contributed by atoms with van der Waals surface area (Å²) in [4.78, 5) is 30.7. The zero-order valence-electron chi connectivity index (χ0n) is 30.2. The molecule has 4 heterocycles. The fraction of sp³-hybridized carbons (Fsp3) is 0.784. The van der Waals surface area contributed by atoms with Crippen LogP contribution in [0.4, 0.5) is 4.79 Å². The summed E-state index contributed by atoms with van der Waals surface area (Å²) in [7, 11) is 1.57. The first-order valence-electron chi connectivity index (χ1n) is 17.9. The van der Waals surface area contributed by atoms with Crippen molar-refractivity contribution in [1.29, 1.82) is 0 Å². The number of hydrogen-bond acceptors (Lipinski definition) is 10. The van der Waals surface area contributed by atoms with Gasteiger partial charge in [-0.05, 0) is 64.6 Å². The van der Waals surface area contributed by atoms with Gasteiger partial charge in [0.2, 0.25) is 0 Å². The number of nitrogens with zero attached hydrogens (tertiary/aromatic N) is 2. The molecule has 0 aromatic carbocycles. The van der Waals surface area contributed by atoms with E-state index in [1.807, 2.05) is 57.7 Å². The summed E-state index contributed by atoms with van der Waals surface area (Å²) in [5.41, 5.74) is -1.33. The van der Waals surface area contributed by atoms with Crippen molar-refractivity contribution in [2.75, 3.05) is 26.7 Å². The summed E-state index contributed by atoms with van der Waals surface area (Å²) in [5.74, 6) is -0.826. The molecule has 2 bridgehead atoms. The van der Waals surface area contributed by atoms with Crippen LogP contribution in [0.1, 0.15) is 87.0 Å². The van der Waals surface area contributed by atoms with E-state index in [1.165, 1.54) is 0 Å². The monoisotopic (exact) mass is 676 g/mol. The van der Waals surface area contributed by atoms with Gasteiger partial charge < -0.3 is 39.2 Å². The van der Waals surface area contributed by atoms with Crippen molar-refractivity contribution in [3.05, 3.63) is 36.0 Å². The Kier molecular flexibility index (Phi) is 13.0. The fourth-order valence-corrected chi connectivity index (χ4v) is 7.55. The molecule has 11 nitrogen and oxygen atoms in total. The van der Waals surface area contributed by atoms with Crippen LogP contribution in [0.3, 0.4) is 0 Å². The highest BCUT2D eigenvalue weighted by Crippen LogP contribution is 2.38. The Bertz CT molecular complexity index is 1200. The van der Waals surface area contributed by atoms with Crippen LogP contribution in [0, 0.1) is 11.8 Å². The average molecular weight is 677 g/mol. The molecular formula is C37H60N2O9. The molecular weight excluding hydrogens is 616 g/mol. The van der Waals surface area contributed by atoms with Crippen LogP contribution in [0.25, 0.3) is 0 Å². The number of fused-ring (bicyclic) bond motifs is 2. The van der Waals surface area contributed by atoms with Crippen LogP contribution >= 0.6 is 0 Å². The lowest BCUT2D eigenvalue weighted by Gasteiger charge is -2.38. The number of hydrogen-bond donors (Lipinski definition) is 3. The lowest BCUT2D eigenvalue weighted by Crippen LogP contribution is -2.51. The topological polar surface area (TPSA) is 142 Å². The van der Waals surface area contributed by atoms with Crippen molar-refractivity contribution in [3.8, 4) is 0 Å². The number of aliphatic hydroxyl groups is 3. The van der Waals surface area contributed by atoms with Crippen LogP contribution in [0.5, 0.6) is 0 Å². The highest BCUT2D eigenvalue weighted by atomic mass is 16.6. The summed E-state index contributed by atoms with van der Waals surface area (Å²) in [6.45, 7) is 15.9. The SMILES string of the molecule is CCC(O)C(C)C1OC1CC(C)(O)/C=C/C=C(\C)C1OC(=O)CC(O)CCC(C)(OC)C(OC(=O)N2C[C@H]3C[C@@H]2CN3CC)/C=C/C1C. The van der Waals surface area contributed by atoms with Crippen LogP contribution in [-0.2, 0) is 23.7 Å². The number of esters is 1. The Hall–Kier alpha value is -2.28. The molecule has 4 rings (SSSR count). The molecule has 4 aliphatic rings. The standard InChI is InChI=1S/C37H60N2O9/c1-9-29(41)25(5)34-30(46-34)20-36(6,44)16-11-12-23(3)33-24(4)13-14-31(37(7,45-8)17-15-28(40)19-32(42)48-33)47-35(43)39-22-26-18-27(39)21-38(26)10-2/h11-14,16,24-31,33-34,40-41,44H,9-10,15,17-22H2,1-8H3/b14-13+,16-11+,23-12+/t24?,25?,26-,27-,28?,29?,30?,31?,33?,34?,36?,37?/m1/s1. The zero-order valence-corrected chi connectivity index (χ0v) is 30.2. The lowest BCUT2D eigenvalue weighted by atomic mass is 9.88. The lowest BCUT2D eigenvalue weighted by molar-refractivity contribution is -0.151. The second-order valence-electron chi connectivity index (χ2n) is 15.0. The van der Waals surface area contributed by atoms with E-state index in [0.29, 0.717) is 31.8 Å². The number of amides is 1. The smallest absolute Gasteiger partial charge is 0.410 e. The molecule has 3 fully saturated rings. The number of carbonyl (C=O) groups is 2. The van der Waals surface area contributed by atoms with E-state index in [-0.39, 0.29) is 49.0 Å². The summed E-state index contributed by atoms with van der Waals surface area (Å²) in [5, 5.41) is 32.0. The number of likely N-dealkylation sites (N-methyl/N-ethyl adjacent to an activating group) is 1. The first kappa shape index (κ1) is 38.5. The van der Waals surface area contributed by atoms with Gasteiger partial charge in [0.1, 0.15) is 11.7 Å². The number of allylic oxidation sites excluding steroid dienone is 2. The third-order valence-electron chi connectivity index (χ3n) is 11.0. The Morgan fingerprint density at radius 2 is 1.98 bits per heavy atom. The van der Waals surface area contributed by atoms with Gasteiger partial charge in [-0.2, -0.15) is 0 Å². The number of cyclic esters (lactones) is 1. The molecule has 272 valence electrons. The minimum absolute atomic E-state index is 0.00212. The van der Waals surface area contributed by atoms with Crippen LogP contribution in [0.15, 0.2) is 36.0 Å². The van der Waals surface area contributed by atoms with Gasteiger partial charge in [0.15, 0.2) is 6.10 Å². The number of piperazine rings is 1. The van der Waals surface area contributed by atoms with Crippen LogP contribution < -0.4 is 0 Å². The largest absolute Gasteiger partial charge is 0.457 e. The molecule has 0 aliphatic carbocycles. The molecule has 11 heteroatoms. The van der Waals surface area contributed by atoms with E-state index in [9.17, 15) is 24.9 Å². The number of methoxy groups -OCH3 is 1. The molecule has 48 heavy (non-hydrogen) atoms. The molecule has 0 radical (unpaired) electrons. The Labute approximate surface area is 286 Å². The van der Waals surface area contributed by atoms with E-state index in [2.05, 4.69) is 11.8 Å². The van der Waals surface area contributed by atoms with Gasteiger partial charge in [0.25, 0.3) is 0 Å². The first-order chi connectivity index (χ1) is 22.6. The van der Waals surface area contributed by atoms with Crippen LogP contribution in [-0.4, -0.2) is 124 Å². The van der Waals surface area contributed by atoms with Crippen molar-refractivity contribution in [2.45, 2.75) is 147 Å². The molecule has 0 aromatic heterocycles. The van der Waals surface area contributed by atoms with Gasteiger partial charge in [0.05, 0.1) is 36.4 Å². The second-order valence-corrected chi connectivity index (χ2v) is 15.0. The third kappa shape index (κ3) is 9.48. The van der Waals surface area contributed by atoms with Crippen molar-refractivity contribution in [3.63, 3.8) is 0 Å². The summed E-state index contributed by atoms with van der Waals surface area (Å²) in [6.07, 6.45) is 8.07. The number of rotatable bonds is 11. The summed E-state index contributed by atoms with van der Waals surface area (Å²) in [6, 6.07) is 0.488. The normalized spacial score (nSPS) is 38.1. The van der Waals surface area contributed by atoms with E-state index in [1.54, 1.807) is 26.2 Å². The molecule has 0 saturated carbocycles. The maximum Gasteiger partial charge on any atom is 0.410 e. The van der Waals surface area contributed by atoms with E-state index >= 15 is 0 Å². The van der Waals surface area contributed by atoms with E-state index < -0.39 is 41.6 Å². The predicted octanol–water partition coefficient (Wildman–Crippen LogP) is 4.14. The average Bonchev–Trinajstić information content (AvgIpc) is 3.48. The molecule has 1 amide bonds. The maximum absolute atomic E-state index is 13.5. The number of epoxide rings is 1. The minimum Gasteiger partial charge on any atom is -0.457 e. The maximum atomic E-state index is 13.5. The van der Waals surface area contributed by atoms with E-state index in [4.69, 9.17) is 18.9 Å². The number of ether oxygens (including phenoxy) is 4. The summed E-state index contributed by atoms with van der Waals surface area (Å²) < 4.78 is 23.8. The van der Waals surface area contributed by atoms with Gasteiger partial charge in [-0.1, -0.05) is 52.0 Å². The third-order valence-corrected chi connectivity index (χ3v) is 11.0. The Morgan fingerprint density at radius 3 is 2.60 bits per heavy atom. The van der Waals surface area contributed by atoms with Gasteiger partial charge in [-0.25, -0.2) is 4.79 Å². The zero-order chi connectivity index (χ0) is 35.4. The van der Waals surface area contributed by atoms with Crippen molar-refractivity contribution in [2.24, 2.45) is 11.8 Å². The molecule has 0 spiro atoms. The van der Waals surface area contributed by atoms with Gasteiger partial charge in [-0.15, -0.1) is 0 Å². The minimum atomic E-state index is -1.14. The molecule has 4 aliphatic heterocycles. The fourth-order valence-electron chi connectivity index (χ4n) is 7.55. The predicted molar refractivity (Wildman–Crippen MR) is 182 cm³/mol. The van der Waals surface area contributed by atoms with Gasteiger partial charge in [-0.3, -0.25) is 9.69 Å². The molecule has 12 atom stereocenters. The van der Waals surface area contributed by atoms with Gasteiger partial charge in [0, 0.05) is 50.5 Å². The quantitative estimate of drug-likeness (QED) is 0.127. The highest BCUT2D eigenvalue weighted by Gasteiger charge is 2.48. The molecule has 0 aromatic rings. The van der Waals surface area contributed by atoms with Crippen molar-refractivity contribution in [1.82, 2.24) is 9.80 Å². The van der Waals surface area contributed by atoms with Crippen molar-refractivity contribution < 1.29 is 43.9 Å². The highest BCUT2D eigenvalue weighted by molar-refractivity contribution is 5.71. The summed E-state index contributed by atoms with van der Waals surface area (Å²) >= 11 is 0. The number of likely N-dealkylation sites (tertiary alicyclic amines) is 2. The molecule has 3 N–H and O–H groups in total. The first-order valence-corrected chi connectivity index (χ1v) is 17.9. The van der Waals surface area contributed by atoms with E-state index in [0.717, 1.165) is 25.1 Å². The number of carbonyl (C=O) groups excluding carboxylic acids is 2. The number of aliphatic hydroxyl groups excluding tert-OH is 2.